The summed E-state index contributed by atoms with van der Waals surface area (Å²) in [4.78, 5) is 24.4. The molecule has 212 valence electrons. The Kier molecular flexibility index (Phi) is 13.0. The molecule has 4 N–H and O–H groups in total. The van der Waals surface area contributed by atoms with Crippen molar-refractivity contribution in [3.8, 4) is 0 Å². The van der Waals surface area contributed by atoms with Gasteiger partial charge in [0, 0.05) is 6.42 Å². The van der Waals surface area contributed by atoms with E-state index in [1.165, 1.54) is 68.6 Å². The van der Waals surface area contributed by atoms with Gasteiger partial charge in [-0.3, -0.25) is 9.36 Å². The molecule has 0 aromatic carbocycles. The molecular formula is C28H45N5O5. The van der Waals surface area contributed by atoms with Crippen LogP contribution in [0.5, 0.6) is 0 Å². The summed E-state index contributed by atoms with van der Waals surface area (Å²) in [5.41, 5.74) is 6.58. The van der Waals surface area contributed by atoms with Crippen LogP contribution in [0.3, 0.4) is 0 Å². The van der Waals surface area contributed by atoms with Crippen LogP contribution in [-0.4, -0.2) is 60.6 Å². The Morgan fingerprint density at radius 3 is 2.34 bits per heavy atom. The van der Waals surface area contributed by atoms with E-state index in [1.807, 2.05) is 0 Å². The third-order valence-electron chi connectivity index (χ3n) is 7.05. The number of nitrogens with zero attached hydrogens (tertiary/aromatic N) is 4. The van der Waals surface area contributed by atoms with Crippen LogP contribution in [0.2, 0.25) is 0 Å². The Morgan fingerprint density at radius 2 is 1.63 bits per heavy atom. The summed E-state index contributed by atoms with van der Waals surface area (Å²) in [6, 6.07) is 0. The first-order valence-corrected chi connectivity index (χ1v) is 14.3. The number of esters is 1. The summed E-state index contributed by atoms with van der Waals surface area (Å²) in [6.07, 6.45) is 19.0. The molecule has 0 spiro atoms. The van der Waals surface area contributed by atoms with Crippen molar-refractivity contribution in [3.05, 3.63) is 24.8 Å². The second-order valence-electron chi connectivity index (χ2n) is 10.1. The molecular weight excluding hydrogens is 486 g/mol. The maximum absolute atomic E-state index is 12.2. The van der Waals surface area contributed by atoms with E-state index in [1.54, 1.807) is 0 Å². The number of anilines is 1. The van der Waals surface area contributed by atoms with Crippen molar-refractivity contribution in [2.75, 3.05) is 12.3 Å². The number of hydrogen-bond acceptors (Lipinski definition) is 9. The number of rotatable bonds is 18. The van der Waals surface area contributed by atoms with Crippen LogP contribution in [-0.2, 0) is 14.3 Å². The minimum Gasteiger partial charge on any atom is -0.463 e. The van der Waals surface area contributed by atoms with Crippen molar-refractivity contribution >= 4 is 23.0 Å². The van der Waals surface area contributed by atoms with Crippen LogP contribution in [0.15, 0.2) is 24.8 Å². The Bertz CT molecular complexity index is 997. The number of ether oxygens (including phenoxy) is 2. The fourth-order valence-electron chi connectivity index (χ4n) is 4.74. The van der Waals surface area contributed by atoms with Gasteiger partial charge in [-0.05, 0) is 32.1 Å². The van der Waals surface area contributed by atoms with E-state index in [2.05, 4.69) is 34.0 Å². The molecule has 3 rings (SSSR count). The number of aromatic nitrogens is 4. The minimum absolute atomic E-state index is 0.137. The molecule has 2 aromatic heterocycles. The molecule has 0 amide bonds. The predicted octanol–water partition coefficient (Wildman–Crippen LogP) is 4.61. The fourth-order valence-corrected chi connectivity index (χ4v) is 4.74. The van der Waals surface area contributed by atoms with Gasteiger partial charge in [0.15, 0.2) is 17.7 Å². The summed E-state index contributed by atoms with van der Waals surface area (Å²) in [5, 5.41) is 20.9. The normalized spacial score (nSPS) is 21.6. The van der Waals surface area contributed by atoms with Crippen molar-refractivity contribution in [2.45, 2.75) is 121 Å². The van der Waals surface area contributed by atoms with Crippen molar-refractivity contribution in [2.24, 2.45) is 0 Å². The maximum Gasteiger partial charge on any atom is 0.305 e. The highest BCUT2D eigenvalue weighted by molar-refractivity contribution is 5.81. The van der Waals surface area contributed by atoms with Gasteiger partial charge in [0.25, 0.3) is 0 Å². The monoisotopic (exact) mass is 531 g/mol. The molecule has 1 aliphatic rings. The number of carbonyl (C=O) groups is 1. The van der Waals surface area contributed by atoms with Crippen LogP contribution < -0.4 is 5.73 Å². The highest BCUT2D eigenvalue weighted by Crippen LogP contribution is 2.32. The molecule has 1 aliphatic heterocycles. The number of aliphatic hydroxyl groups is 2. The van der Waals surface area contributed by atoms with Gasteiger partial charge in [-0.1, -0.05) is 70.4 Å². The van der Waals surface area contributed by atoms with Gasteiger partial charge in [-0.15, -0.1) is 0 Å². The smallest absolute Gasteiger partial charge is 0.305 e. The van der Waals surface area contributed by atoms with Crippen LogP contribution in [0.4, 0.5) is 5.82 Å². The summed E-state index contributed by atoms with van der Waals surface area (Å²) in [7, 11) is 0. The molecule has 0 radical (unpaired) electrons. The number of imidazole rings is 1. The van der Waals surface area contributed by atoms with Gasteiger partial charge in [-0.25, -0.2) is 15.0 Å². The number of allylic oxidation sites excluding steroid dienone is 2. The zero-order chi connectivity index (χ0) is 27.2. The van der Waals surface area contributed by atoms with Crippen LogP contribution in [0.1, 0.15) is 103 Å². The first kappa shape index (κ1) is 30.0. The molecule has 2 aromatic rings. The molecule has 0 saturated carbocycles. The van der Waals surface area contributed by atoms with E-state index < -0.39 is 24.5 Å². The number of carbonyl (C=O) groups excluding carboxylic acids is 1. The Hall–Kier alpha value is -2.56. The molecule has 4 atom stereocenters. The van der Waals surface area contributed by atoms with Gasteiger partial charge >= 0.3 is 5.97 Å². The summed E-state index contributed by atoms with van der Waals surface area (Å²) < 4.78 is 12.6. The standard InChI is InChI=1S/C28H45N5O5/c1-2-3-4-5-6-7-8-9-10-11-12-13-14-15-16-17-22(34)37-18-21-24(35)25(36)28(38-21)33-20-32-23-26(29)30-19-31-27(23)33/h9-10,19-21,24-25,28,35-36H,2-8,11-18H2,1H3,(H2,29,30,31)/t21-,24-,25+,28-/m1/s1. The lowest BCUT2D eigenvalue weighted by Gasteiger charge is -2.16. The quantitative estimate of drug-likeness (QED) is 0.143. The SMILES string of the molecule is CCCCCCCCC=CCCCCCCCC(=O)OC[C@H]1O[C@@H](n2cnc3c(N)ncnc32)[C@@H](O)[C@@H]1O. The van der Waals surface area contributed by atoms with E-state index in [-0.39, 0.29) is 18.4 Å². The molecule has 3 heterocycles. The van der Waals surface area contributed by atoms with Gasteiger partial charge in [0.05, 0.1) is 6.33 Å². The van der Waals surface area contributed by atoms with E-state index in [9.17, 15) is 15.0 Å². The third-order valence-corrected chi connectivity index (χ3v) is 7.05. The van der Waals surface area contributed by atoms with Crippen molar-refractivity contribution < 1.29 is 24.5 Å². The number of unbranched alkanes of at least 4 members (excludes halogenated alkanes) is 11. The largest absolute Gasteiger partial charge is 0.463 e. The molecule has 1 fully saturated rings. The summed E-state index contributed by atoms with van der Waals surface area (Å²) >= 11 is 0. The van der Waals surface area contributed by atoms with E-state index in [4.69, 9.17) is 15.2 Å². The average Bonchev–Trinajstić information content (AvgIpc) is 3.46. The number of nitrogen functional groups attached to an aromatic ring is 1. The molecule has 10 nitrogen and oxygen atoms in total. The lowest BCUT2D eigenvalue weighted by Crippen LogP contribution is -2.34. The minimum atomic E-state index is -1.24. The molecule has 0 unspecified atom stereocenters. The van der Waals surface area contributed by atoms with Crippen molar-refractivity contribution in [3.63, 3.8) is 0 Å². The number of fused-ring (bicyclic) bond motifs is 1. The summed E-state index contributed by atoms with van der Waals surface area (Å²) in [5.74, 6) is -0.118. The van der Waals surface area contributed by atoms with Crippen LogP contribution in [0, 0.1) is 0 Å². The molecule has 10 heteroatoms. The van der Waals surface area contributed by atoms with Crippen molar-refractivity contribution in [1.29, 1.82) is 0 Å². The lowest BCUT2D eigenvalue weighted by molar-refractivity contribution is -0.150. The predicted molar refractivity (Wildman–Crippen MR) is 146 cm³/mol. The second kappa shape index (κ2) is 16.4. The molecule has 1 saturated heterocycles. The first-order chi connectivity index (χ1) is 18.5. The molecule has 38 heavy (non-hydrogen) atoms. The van der Waals surface area contributed by atoms with Gasteiger partial charge in [0.2, 0.25) is 0 Å². The zero-order valence-electron chi connectivity index (χ0n) is 22.7. The Labute approximate surface area is 225 Å². The zero-order valence-corrected chi connectivity index (χ0v) is 22.7. The molecule has 0 bridgehead atoms. The average molecular weight is 532 g/mol. The number of aliphatic hydroxyl groups excluding tert-OH is 2. The third kappa shape index (κ3) is 9.03. The van der Waals surface area contributed by atoms with Gasteiger partial charge in [-0.2, -0.15) is 0 Å². The summed E-state index contributed by atoms with van der Waals surface area (Å²) in [6.45, 7) is 2.11. The molecule has 0 aliphatic carbocycles. The Balaban J connectivity index is 1.23. The number of nitrogens with two attached hydrogens (primary N) is 1. The Morgan fingerprint density at radius 1 is 0.974 bits per heavy atom. The highest BCUT2D eigenvalue weighted by Gasteiger charge is 2.44. The first-order valence-electron chi connectivity index (χ1n) is 14.3. The van der Waals surface area contributed by atoms with Gasteiger partial charge in [0.1, 0.15) is 36.8 Å². The topological polar surface area (TPSA) is 146 Å². The lowest BCUT2D eigenvalue weighted by atomic mass is 10.1. The van der Waals surface area contributed by atoms with Crippen LogP contribution in [0.25, 0.3) is 11.2 Å². The maximum atomic E-state index is 12.2. The second-order valence-corrected chi connectivity index (χ2v) is 10.1. The van der Waals surface area contributed by atoms with Crippen LogP contribution >= 0.6 is 0 Å². The number of hydrogen-bond donors (Lipinski definition) is 3. The van der Waals surface area contributed by atoms with E-state index >= 15 is 0 Å². The highest BCUT2D eigenvalue weighted by atomic mass is 16.6. The van der Waals surface area contributed by atoms with Gasteiger partial charge < -0.3 is 25.4 Å². The van der Waals surface area contributed by atoms with Crippen molar-refractivity contribution in [1.82, 2.24) is 19.5 Å². The fraction of sp³-hybridized carbons (Fsp3) is 0.714. The van der Waals surface area contributed by atoms with E-state index in [0.717, 1.165) is 32.1 Å². The van der Waals surface area contributed by atoms with E-state index in [0.29, 0.717) is 17.6 Å².